The zero-order valence-electron chi connectivity index (χ0n) is 15.7. The van der Waals surface area contributed by atoms with Crippen molar-refractivity contribution in [3.63, 3.8) is 0 Å². The first-order valence-electron chi connectivity index (χ1n) is 8.90. The van der Waals surface area contributed by atoms with E-state index in [1.807, 2.05) is 0 Å². The Morgan fingerprint density at radius 2 is 1.97 bits per heavy atom. The minimum atomic E-state index is -0.627. The minimum absolute atomic E-state index is 0.0137. The number of nitro benzene ring substituents is 1. The zero-order chi connectivity index (χ0) is 21.4. The van der Waals surface area contributed by atoms with Gasteiger partial charge in [-0.05, 0) is 24.3 Å². The quantitative estimate of drug-likeness (QED) is 0.254. The fraction of sp³-hybridized carbons (Fsp3) is 0.0952. The third kappa shape index (κ3) is 3.53. The fourth-order valence-corrected chi connectivity index (χ4v) is 3.35. The highest BCUT2D eigenvalue weighted by Crippen LogP contribution is 2.27. The third-order valence-electron chi connectivity index (χ3n) is 4.66. The first-order chi connectivity index (χ1) is 14.3. The Hall–Kier alpha value is -3.65. The third-order valence-corrected chi connectivity index (χ3v) is 4.97. The topological polar surface area (TPSA) is 90.9 Å². The minimum Gasteiger partial charge on any atom is -0.328 e. The number of carbonyl (C=O) groups excluding carboxylic acids is 1. The number of carbonyl (C=O) groups is 1. The summed E-state index contributed by atoms with van der Waals surface area (Å²) in [5.41, 5.74) is 1.44. The standard InChI is InChI=1S/C21H14ClFN4O3/c1-12(28)19-15-8-9-26(11-14-4-2-3-5-18(14)27(29)30)21(15)25-20(24-19)13-6-7-16(22)17(23)10-13/h2-10H,11H2,1H3. The van der Waals surface area contributed by atoms with Crippen molar-refractivity contribution in [1.82, 2.24) is 14.5 Å². The highest BCUT2D eigenvalue weighted by molar-refractivity contribution is 6.30. The molecular formula is C21H14ClFN4O3. The Morgan fingerprint density at radius 1 is 1.20 bits per heavy atom. The molecule has 4 aromatic rings. The van der Waals surface area contributed by atoms with Crippen LogP contribution >= 0.6 is 11.6 Å². The number of fused-ring (bicyclic) bond motifs is 1. The Morgan fingerprint density at radius 3 is 2.67 bits per heavy atom. The molecule has 0 atom stereocenters. The van der Waals surface area contributed by atoms with Crippen molar-refractivity contribution in [3.05, 3.63) is 86.9 Å². The van der Waals surface area contributed by atoms with E-state index in [4.69, 9.17) is 11.6 Å². The highest BCUT2D eigenvalue weighted by Gasteiger charge is 2.19. The average Bonchev–Trinajstić information content (AvgIpc) is 3.12. The van der Waals surface area contributed by atoms with Gasteiger partial charge in [-0.2, -0.15) is 0 Å². The van der Waals surface area contributed by atoms with Crippen LogP contribution in [0.3, 0.4) is 0 Å². The normalized spacial score (nSPS) is 11.0. The summed E-state index contributed by atoms with van der Waals surface area (Å²) in [6.07, 6.45) is 1.69. The van der Waals surface area contributed by atoms with E-state index >= 15 is 0 Å². The van der Waals surface area contributed by atoms with E-state index in [0.29, 0.717) is 22.2 Å². The van der Waals surface area contributed by atoms with Crippen molar-refractivity contribution in [3.8, 4) is 11.4 Å². The number of nitro groups is 1. The number of halogens is 2. The Kier molecular flexibility index (Phi) is 5.01. The molecule has 0 fully saturated rings. The second-order valence-corrected chi connectivity index (χ2v) is 7.05. The molecular weight excluding hydrogens is 411 g/mol. The molecule has 2 heterocycles. The molecule has 0 radical (unpaired) electrons. The Labute approximate surface area is 174 Å². The molecule has 0 saturated carbocycles. The monoisotopic (exact) mass is 424 g/mol. The lowest BCUT2D eigenvalue weighted by Crippen LogP contribution is -2.06. The van der Waals surface area contributed by atoms with Crippen LogP contribution in [0, 0.1) is 15.9 Å². The molecule has 0 spiro atoms. The van der Waals surface area contributed by atoms with E-state index in [1.165, 1.54) is 25.1 Å². The van der Waals surface area contributed by atoms with Crippen LogP contribution in [0.4, 0.5) is 10.1 Å². The van der Waals surface area contributed by atoms with Gasteiger partial charge in [0.05, 0.1) is 16.5 Å². The van der Waals surface area contributed by atoms with Crippen LogP contribution in [0.1, 0.15) is 23.0 Å². The molecule has 0 saturated heterocycles. The molecule has 150 valence electrons. The van der Waals surface area contributed by atoms with Gasteiger partial charge in [0.2, 0.25) is 0 Å². The van der Waals surface area contributed by atoms with Gasteiger partial charge in [-0.25, -0.2) is 14.4 Å². The van der Waals surface area contributed by atoms with Crippen LogP contribution in [0.2, 0.25) is 5.02 Å². The number of benzene rings is 2. The number of aromatic nitrogens is 3. The van der Waals surface area contributed by atoms with E-state index in [2.05, 4.69) is 9.97 Å². The SMILES string of the molecule is CC(=O)c1nc(-c2ccc(Cl)c(F)c2)nc2c1ccn2Cc1ccccc1[N+](=O)[O-]. The van der Waals surface area contributed by atoms with Gasteiger partial charge in [0.15, 0.2) is 11.6 Å². The van der Waals surface area contributed by atoms with Crippen molar-refractivity contribution >= 4 is 34.1 Å². The summed E-state index contributed by atoms with van der Waals surface area (Å²) in [6.45, 7) is 1.55. The Bertz CT molecular complexity index is 1320. The predicted octanol–water partition coefficient (Wildman–Crippen LogP) is 5.05. The van der Waals surface area contributed by atoms with Gasteiger partial charge in [0.1, 0.15) is 17.2 Å². The summed E-state index contributed by atoms with van der Waals surface area (Å²) in [7, 11) is 0. The number of hydrogen-bond donors (Lipinski definition) is 0. The summed E-state index contributed by atoms with van der Waals surface area (Å²) < 4.78 is 15.6. The maximum atomic E-state index is 13.9. The van der Waals surface area contributed by atoms with Gasteiger partial charge in [0.25, 0.3) is 5.69 Å². The number of hydrogen-bond acceptors (Lipinski definition) is 5. The van der Waals surface area contributed by atoms with E-state index in [0.717, 1.165) is 0 Å². The summed E-state index contributed by atoms with van der Waals surface area (Å²) in [5.74, 6) is -0.746. The molecule has 0 aliphatic heterocycles. The van der Waals surface area contributed by atoms with Crippen molar-refractivity contribution in [1.29, 1.82) is 0 Å². The van der Waals surface area contributed by atoms with Crippen LogP contribution in [0.15, 0.2) is 54.7 Å². The first-order valence-corrected chi connectivity index (χ1v) is 9.28. The Balaban J connectivity index is 1.89. The van der Waals surface area contributed by atoms with Crippen molar-refractivity contribution in [2.45, 2.75) is 13.5 Å². The maximum absolute atomic E-state index is 13.9. The van der Waals surface area contributed by atoms with Crippen LogP contribution in [0.25, 0.3) is 22.4 Å². The second-order valence-electron chi connectivity index (χ2n) is 6.65. The molecule has 0 amide bonds. The van der Waals surface area contributed by atoms with Crippen molar-refractivity contribution < 1.29 is 14.1 Å². The highest BCUT2D eigenvalue weighted by atomic mass is 35.5. The predicted molar refractivity (Wildman–Crippen MR) is 110 cm³/mol. The van der Waals surface area contributed by atoms with Gasteiger partial charge >= 0.3 is 0 Å². The van der Waals surface area contributed by atoms with E-state index in [-0.39, 0.29) is 34.6 Å². The maximum Gasteiger partial charge on any atom is 0.274 e. The average molecular weight is 425 g/mol. The van der Waals surface area contributed by atoms with Gasteiger partial charge in [0, 0.05) is 35.7 Å². The molecule has 30 heavy (non-hydrogen) atoms. The molecule has 2 aromatic heterocycles. The van der Waals surface area contributed by atoms with Crippen LogP contribution < -0.4 is 0 Å². The summed E-state index contributed by atoms with van der Waals surface area (Å²) in [5, 5.41) is 11.8. The number of nitrogens with zero attached hydrogens (tertiary/aromatic N) is 4. The number of ketones is 1. The van der Waals surface area contributed by atoms with Gasteiger partial charge in [-0.1, -0.05) is 29.8 Å². The zero-order valence-corrected chi connectivity index (χ0v) is 16.4. The van der Waals surface area contributed by atoms with E-state index in [1.54, 1.807) is 41.1 Å². The molecule has 4 rings (SSSR count). The largest absolute Gasteiger partial charge is 0.328 e. The van der Waals surface area contributed by atoms with Gasteiger partial charge in [-0.3, -0.25) is 14.9 Å². The lowest BCUT2D eigenvalue weighted by molar-refractivity contribution is -0.385. The van der Waals surface area contributed by atoms with Gasteiger partial charge in [-0.15, -0.1) is 0 Å². The van der Waals surface area contributed by atoms with Crippen LogP contribution in [-0.4, -0.2) is 25.2 Å². The molecule has 0 unspecified atom stereocenters. The van der Waals surface area contributed by atoms with Crippen molar-refractivity contribution in [2.75, 3.05) is 0 Å². The molecule has 9 heteroatoms. The second kappa shape index (κ2) is 7.64. The lowest BCUT2D eigenvalue weighted by Gasteiger charge is -2.09. The summed E-state index contributed by atoms with van der Waals surface area (Å²) in [4.78, 5) is 31.9. The molecule has 0 aliphatic rings. The smallest absolute Gasteiger partial charge is 0.274 e. The van der Waals surface area contributed by atoms with E-state index in [9.17, 15) is 19.3 Å². The molecule has 0 bridgehead atoms. The van der Waals surface area contributed by atoms with E-state index < -0.39 is 10.7 Å². The number of rotatable bonds is 5. The molecule has 0 N–H and O–H groups in total. The summed E-state index contributed by atoms with van der Waals surface area (Å²) >= 11 is 5.75. The first kappa shape index (κ1) is 19.7. The molecule has 7 nitrogen and oxygen atoms in total. The van der Waals surface area contributed by atoms with Crippen LogP contribution in [0.5, 0.6) is 0 Å². The lowest BCUT2D eigenvalue weighted by atomic mass is 10.1. The van der Waals surface area contributed by atoms with Crippen LogP contribution in [-0.2, 0) is 6.54 Å². The molecule has 2 aromatic carbocycles. The summed E-state index contributed by atoms with van der Waals surface area (Å²) in [6, 6.07) is 12.2. The number of para-hydroxylation sites is 1. The molecule has 0 aliphatic carbocycles. The number of Topliss-reactive ketones (excluding diaryl/α,β-unsaturated/α-hetero) is 1. The van der Waals surface area contributed by atoms with Crippen molar-refractivity contribution in [2.24, 2.45) is 0 Å². The fourth-order valence-electron chi connectivity index (χ4n) is 3.23. The van der Waals surface area contributed by atoms with Gasteiger partial charge < -0.3 is 4.57 Å².